The molecule has 0 spiro atoms. The molecule has 5 heteroatoms. The van der Waals surface area contributed by atoms with E-state index >= 15 is 0 Å². The predicted molar refractivity (Wildman–Crippen MR) is 63.8 cm³/mol. The average molecular weight is 236 g/mol. The maximum atomic E-state index is 11.1. The summed E-state index contributed by atoms with van der Waals surface area (Å²) in [6.45, 7) is 3.95. The minimum Gasteiger partial charge on any atom is -0.484 e. The Morgan fingerprint density at radius 1 is 1.29 bits per heavy atom. The van der Waals surface area contributed by atoms with Gasteiger partial charge in [0.1, 0.15) is 5.75 Å². The molecule has 92 valence electrons. The van der Waals surface area contributed by atoms with Crippen LogP contribution in [0.25, 0.3) is 0 Å². The van der Waals surface area contributed by atoms with Crippen molar-refractivity contribution in [3.63, 3.8) is 0 Å². The van der Waals surface area contributed by atoms with Crippen molar-refractivity contribution in [3.05, 3.63) is 29.8 Å². The molecule has 0 heterocycles. The zero-order chi connectivity index (χ0) is 12.8. The van der Waals surface area contributed by atoms with Gasteiger partial charge in [0.15, 0.2) is 6.61 Å². The van der Waals surface area contributed by atoms with E-state index in [9.17, 15) is 9.59 Å². The fraction of sp³-hybridized carbons (Fsp3) is 0.333. The molecule has 1 aromatic carbocycles. The number of imide groups is 1. The van der Waals surface area contributed by atoms with Gasteiger partial charge in [-0.1, -0.05) is 26.0 Å². The predicted octanol–water partition coefficient (Wildman–Crippen LogP) is 1.38. The van der Waals surface area contributed by atoms with Crippen molar-refractivity contribution in [2.24, 2.45) is 5.73 Å². The Morgan fingerprint density at radius 3 is 2.35 bits per heavy atom. The lowest BCUT2D eigenvalue weighted by Crippen LogP contribution is -2.38. The molecule has 3 amide bonds. The second-order valence-corrected chi connectivity index (χ2v) is 3.92. The van der Waals surface area contributed by atoms with Gasteiger partial charge in [0.25, 0.3) is 5.91 Å². The highest BCUT2D eigenvalue weighted by molar-refractivity contribution is 5.94. The van der Waals surface area contributed by atoms with Crippen molar-refractivity contribution in [2.75, 3.05) is 6.61 Å². The molecule has 5 nitrogen and oxygen atoms in total. The Balaban J connectivity index is 2.47. The van der Waals surface area contributed by atoms with Gasteiger partial charge in [0.2, 0.25) is 0 Å². The molecule has 1 rings (SSSR count). The van der Waals surface area contributed by atoms with Gasteiger partial charge in [-0.2, -0.15) is 0 Å². The minimum absolute atomic E-state index is 0.232. The highest BCUT2D eigenvalue weighted by Crippen LogP contribution is 2.18. The van der Waals surface area contributed by atoms with Crippen LogP contribution in [0.5, 0.6) is 5.75 Å². The average Bonchev–Trinajstić information content (AvgIpc) is 2.26. The van der Waals surface area contributed by atoms with Crippen LogP contribution < -0.4 is 15.8 Å². The van der Waals surface area contributed by atoms with E-state index < -0.39 is 11.9 Å². The fourth-order valence-electron chi connectivity index (χ4n) is 1.27. The molecule has 0 unspecified atom stereocenters. The molecule has 3 N–H and O–H groups in total. The zero-order valence-electron chi connectivity index (χ0n) is 9.90. The summed E-state index contributed by atoms with van der Waals surface area (Å²) >= 11 is 0. The summed E-state index contributed by atoms with van der Waals surface area (Å²) in [4.78, 5) is 21.4. The molecule has 1 aromatic rings. The van der Waals surface area contributed by atoms with E-state index in [0.29, 0.717) is 11.7 Å². The van der Waals surface area contributed by atoms with Crippen LogP contribution in [0.1, 0.15) is 25.3 Å². The molecule has 0 bridgehead atoms. The number of benzene rings is 1. The highest BCUT2D eigenvalue weighted by atomic mass is 16.5. The lowest BCUT2D eigenvalue weighted by atomic mass is 10.0. The fourth-order valence-corrected chi connectivity index (χ4v) is 1.27. The standard InChI is InChI=1S/C12H16N2O3/c1-8(2)9-3-5-10(6-4-9)17-7-11(15)14-12(13)16/h3-6,8H,7H2,1-2H3,(H3,13,14,15,16). The second kappa shape index (κ2) is 5.89. The largest absolute Gasteiger partial charge is 0.484 e. The molecular formula is C12H16N2O3. The van der Waals surface area contributed by atoms with Gasteiger partial charge in [0, 0.05) is 0 Å². The lowest BCUT2D eigenvalue weighted by Gasteiger charge is -2.08. The molecule has 0 fully saturated rings. The maximum Gasteiger partial charge on any atom is 0.318 e. The zero-order valence-corrected chi connectivity index (χ0v) is 9.90. The van der Waals surface area contributed by atoms with Gasteiger partial charge in [-0.3, -0.25) is 10.1 Å². The molecule has 17 heavy (non-hydrogen) atoms. The number of amides is 3. The molecule has 0 aliphatic rings. The first-order valence-corrected chi connectivity index (χ1v) is 5.31. The summed E-state index contributed by atoms with van der Waals surface area (Å²) in [7, 11) is 0. The van der Waals surface area contributed by atoms with E-state index in [-0.39, 0.29) is 6.61 Å². The van der Waals surface area contributed by atoms with E-state index in [0.717, 1.165) is 0 Å². The smallest absolute Gasteiger partial charge is 0.318 e. The number of carbonyl (C=O) groups is 2. The summed E-state index contributed by atoms with van der Waals surface area (Å²) in [5.74, 6) is 0.460. The number of hydrogen-bond acceptors (Lipinski definition) is 3. The number of primary amides is 1. The summed E-state index contributed by atoms with van der Waals surface area (Å²) in [6, 6.07) is 6.56. The van der Waals surface area contributed by atoms with E-state index in [1.54, 1.807) is 12.1 Å². The van der Waals surface area contributed by atoms with Gasteiger partial charge in [0.05, 0.1) is 0 Å². The normalized spacial score (nSPS) is 10.1. The van der Waals surface area contributed by atoms with E-state index in [2.05, 4.69) is 13.8 Å². The summed E-state index contributed by atoms with van der Waals surface area (Å²) < 4.78 is 5.18. The molecule has 0 aliphatic heterocycles. The van der Waals surface area contributed by atoms with Crippen LogP contribution in [-0.2, 0) is 4.79 Å². The van der Waals surface area contributed by atoms with Crippen molar-refractivity contribution < 1.29 is 14.3 Å². The Labute approximate surface area is 99.9 Å². The number of urea groups is 1. The van der Waals surface area contributed by atoms with Crippen LogP contribution in [0, 0.1) is 0 Å². The van der Waals surface area contributed by atoms with E-state index in [4.69, 9.17) is 10.5 Å². The minimum atomic E-state index is -0.881. The molecule has 0 aromatic heterocycles. The molecule has 0 saturated carbocycles. The first-order valence-electron chi connectivity index (χ1n) is 5.31. The summed E-state index contributed by atoms with van der Waals surface area (Å²) in [6.07, 6.45) is 0. The maximum absolute atomic E-state index is 11.1. The van der Waals surface area contributed by atoms with Gasteiger partial charge in [-0.15, -0.1) is 0 Å². The molecular weight excluding hydrogens is 220 g/mol. The van der Waals surface area contributed by atoms with Crippen LogP contribution in [0.15, 0.2) is 24.3 Å². The number of carbonyl (C=O) groups excluding carboxylic acids is 2. The number of rotatable bonds is 4. The van der Waals surface area contributed by atoms with Crippen molar-refractivity contribution in [1.29, 1.82) is 0 Å². The van der Waals surface area contributed by atoms with E-state index in [1.807, 2.05) is 17.4 Å². The van der Waals surface area contributed by atoms with Crippen LogP contribution in [-0.4, -0.2) is 18.5 Å². The van der Waals surface area contributed by atoms with Crippen LogP contribution in [0.4, 0.5) is 4.79 Å². The van der Waals surface area contributed by atoms with Crippen LogP contribution >= 0.6 is 0 Å². The SMILES string of the molecule is CC(C)c1ccc(OCC(=O)NC(N)=O)cc1. The highest BCUT2D eigenvalue weighted by Gasteiger charge is 2.05. The lowest BCUT2D eigenvalue weighted by molar-refractivity contribution is -0.121. The third kappa shape index (κ3) is 4.55. The summed E-state index contributed by atoms with van der Waals surface area (Å²) in [5, 5.41) is 1.92. The van der Waals surface area contributed by atoms with Crippen molar-refractivity contribution in [2.45, 2.75) is 19.8 Å². The first kappa shape index (κ1) is 13.0. The Hall–Kier alpha value is -2.04. The van der Waals surface area contributed by atoms with Crippen LogP contribution in [0.3, 0.4) is 0 Å². The quantitative estimate of drug-likeness (QED) is 0.828. The van der Waals surface area contributed by atoms with E-state index in [1.165, 1.54) is 5.56 Å². The van der Waals surface area contributed by atoms with Crippen molar-refractivity contribution >= 4 is 11.9 Å². The van der Waals surface area contributed by atoms with Gasteiger partial charge in [-0.25, -0.2) is 4.79 Å². The number of hydrogen-bond donors (Lipinski definition) is 2. The van der Waals surface area contributed by atoms with Crippen molar-refractivity contribution in [1.82, 2.24) is 5.32 Å². The Kier molecular flexibility index (Phi) is 4.51. The third-order valence-electron chi connectivity index (χ3n) is 2.18. The molecule has 0 radical (unpaired) electrons. The second-order valence-electron chi connectivity index (χ2n) is 3.92. The monoisotopic (exact) mass is 236 g/mol. The number of nitrogens with one attached hydrogen (secondary N) is 1. The summed E-state index contributed by atoms with van der Waals surface area (Å²) in [5.41, 5.74) is 5.98. The number of nitrogens with two attached hydrogens (primary N) is 1. The molecule has 0 aliphatic carbocycles. The molecule has 0 atom stereocenters. The third-order valence-corrected chi connectivity index (χ3v) is 2.18. The Morgan fingerprint density at radius 2 is 1.88 bits per heavy atom. The topological polar surface area (TPSA) is 81.4 Å². The van der Waals surface area contributed by atoms with Gasteiger partial charge < -0.3 is 10.5 Å². The Bertz CT molecular complexity index is 399. The van der Waals surface area contributed by atoms with Crippen LogP contribution in [0.2, 0.25) is 0 Å². The van der Waals surface area contributed by atoms with Crippen molar-refractivity contribution in [3.8, 4) is 5.75 Å². The molecule has 0 saturated heterocycles. The first-order chi connectivity index (χ1) is 7.99. The van der Waals surface area contributed by atoms with Gasteiger partial charge in [-0.05, 0) is 23.6 Å². The number of ether oxygens (including phenoxy) is 1. The van der Waals surface area contributed by atoms with Gasteiger partial charge >= 0.3 is 6.03 Å².